The number of carbonyl (C=O) groups is 2. The zero-order valence-electron chi connectivity index (χ0n) is 24.8. The van der Waals surface area contributed by atoms with E-state index < -0.39 is 22.9 Å². The molecule has 0 radical (unpaired) electrons. The Kier molecular flexibility index (Phi) is 30.3. The van der Waals surface area contributed by atoms with Gasteiger partial charge in [-0.25, -0.2) is 0 Å². The van der Waals surface area contributed by atoms with Crippen LogP contribution in [0.1, 0.15) is 117 Å². The van der Waals surface area contributed by atoms with Crippen LogP contribution in [0.25, 0.3) is 0 Å². The van der Waals surface area contributed by atoms with Crippen molar-refractivity contribution in [3.63, 3.8) is 0 Å². The monoisotopic (exact) mass is 576 g/mol. The highest BCUT2D eigenvalue weighted by Gasteiger charge is 2.16. The number of ketones is 1. The molecule has 1 rings (SSSR count). The fraction of sp³-hybridized carbons (Fsp3) is 0.857. The van der Waals surface area contributed by atoms with Gasteiger partial charge in [-0.05, 0) is 32.1 Å². The first-order valence-electron chi connectivity index (χ1n) is 14.6. The van der Waals surface area contributed by atoms with Crippen LogP contribution in [0.15, 0.2) is 12.2 Å². The van der Waals surface area contributed by atoms with Crippen molar-refractivity contribution in [2.45, 2.75) is 123 Å². The predicted molar refractivity (Wildman–Crippen MR) is 152 cm³/mol. The smallest absolute Gasteiger partial charge is 0.294 e. The topological polar surface area (TPSA) is 157 Å². The van der Waals surface area contributed by atoms with Gasteiger partial charge in [0.25, 0.3) is 16.6 Å². The van der Waals surface area contributed by atoms with Crippen LogP contribution in [0.2, 0.25) is 0 Å². The van der Waals surface area contributed by atoms with Gasteiger partial charge in [-0.2, -0.15) is 0 Å². The van der Waals surface area contributed by atoms with E-state index >= 15 is 0 Å². The molecule has 0 spiro atoms. The van der Waals surface area contributed by atoms with E-state index in [1.807, 2.05) is 0 Å². The molecule has 0 amide bonds. The summed E-state index contributed by atoms with van der Waals surface area (Å²) in [6.07, 6.45) is 22.1. The quantitative estimate of drug-likeness (QED) is 0.0426. The maximum absolute atomic E-state index is 11.6. The first kappa shape index (κ1) is 39.4. The highest BCUT2D eigenvalue weighted by molar-refractivity contribution is 5.78. The van der Waals surface area contributed by atoms with Gasteiger partial charge in [-0.1, -0.05) is 90.2 Å². The lowest BCUT2D eigenvalue weighted by molar-refractivity contribution is -0.760. The number of Topliss-reactive ketones (excluding diaryl/α,β-unsaturated/α-hetero) is 1. The lowest BCUT2D eigenvalue weighted by Crippen LogP contribution is -2.28. The third-order valence-corrected chi connectivity index (χ3v) is 6.17. The summed E-state index contributed by atoms with van der Waals surface area (Å²) >= 11 is 0. The van der Waals surface area contributed by atoms with Crippen molar-refractivity contribution in [2.75, 3.05) is 26.4 Å². The van der Waals surface area contributed by atoms with Crippen LogP contribution < -0.4 is 0 Å². The summed E-state index contributed by atoms with van der Waals surface area (Å²) in [5, 5.41) is 17.6. The number of nitrogens with zero attached hydrogens (tertiary/aromatic N) is 2. The minimum absolute atomic E-state index is 0.135. The molecule has 12 heteroatoms. The number of hydrogen-bond donors (Lipinski definition) is 0. The minimum atomic E-state index is -1.04. The number of allylic oxidation sites excluding steroid dienone is 2. The van der Waals surface area contributed by atoms with E-state index in [-0.39, 0.29) is 26.3 Å². The maximum Gasteiger partial charge on any atom is 0.294 e. The summed E-state index contributed by atoms with van der Waals surface area (Å²) in [5.41, 5.74) is 0. The van der Waals surface area contributed by atoms with Crippen molar-refractivity contribution in [3.8, 4) is 0 Å². The van der Waals surface area contributed by atoms with E-state index in [0.717, 1.165) is 25.2 Å². The first-order valence-corrected chi connectivity index (χ1v) is 14.6. The van der Waals surface area contributed by atoms with Gasteiger partial charge >= 0.3 is 0 Å². The van der Waals surface area contributed by atoms with Gasteiger partial charge in [0.2, 0.25) is 0 Å². The Hall–Kier alpha value is -2.76. The molecule has 0 aromatic carbocycles. The molecule has 1 fully saturated rings. The molecule has 1 saturated carbocycles. The van der Waals surface area contributed by atoms with E-state index in [9.17, 15) is 29.8 Å². The molecule has 12 nitrogen and oxygen atoms in total. The van der Waals surface area contributed by atoms with Crippen molar-refractivity contribution < 1.29 is 38.9 Å². The SMILES string of the molecule is C/C=C\CCCC.CCCCCCCC(=O)CCC1CCCC1.O=COCC(CO[N+](=O)[O-])OCCO[N+](=O)[O-]. The number of hydrogen-bond acceptors (Lipinski definition) is 10. The van der Waals surface area contributed by atoms with Crippen molar-refractivity contribution in [1.29, 1.82) is 0 Å². The molecule has 0 aromatic rings. The Morgan fingerprint density at radius 2 is 1.55 bits per heavy atom. The number of carbonyl (C=O) groups excluding carboxylic acids is 2. The molecule has 40 heavy (non-hydrogen) atoms. The van der Waals surface area contributed by atoms with Crippen LogP contribution >= 0.6 is 0 Å². The third kappa shape index (κ3) is 31.5. The van der Waals surface area contributed by atoms with Crippen molar-refractivity contribution in [2.24, 2.45) is 5.92 Å². The van der Waals surface area contributed by atoms with Crippen LogP contribution in [0.4, 0.5) is 0 Å². The second-order valence-electron chi connectivity index (χ2n) is 9.60. The molecule has 0 aromatic heterocycles. The van der Waals surface area contributed by atoms with E-state index in [0.29, 0.717) is 5.78 Å². The van der Waals surface area contributed by atoms with Crippen molar-refractivity contribution in [1.82, 2.24) is 0 Å². The Bertz CT molecular complexity index is 655. The van der Waals surface area contributed by atoms with E-state index in [4.69, 9.17) is 4.74 Å². The molecule has 1 unspecified atom stereocenters. The molecule has 0 saturated heterocycles. The molecule has 1 atom stereocenters. The number of ether oxygens (including phenoxy) is 2. The number of unbranched alkanes of at least 4 members (excludes halogenated alkanes) is 6. The standard InChI is InChI=1S/C15H28O.C7H14.C6H10N2O9/c1-2-3-4-5-6-11-15(16)13-12-14-9-7-8-10-14;1-3-5-7-6-4-2;9-5-14-3-6(4-17-8(12)13)15-1-2-16-7(10)11/h14H,2-13H2,1H3;3,5H,4,6-7H2,1-2H3;5-6H,1-4H2/b;5-3-;. The summed E-state index contributed by atoms with van der Waals surface area (Å²) in [5.74, 6) is 1.40. The zero-order chi connectivity index (χ0) is 30.3. The molecular weight excluding hydrogens is 524 g/mol. The molecule has 0 N–H and O–H groups in total. The van der Waals surface area contributed by atoms with E-state index in [1.54, 1.807) is 0 Å². The Morgan fingerprint density at radius 1 is 0.900 bits per heavy atom. The van der Waals surface area contributed by atoms with E-state index in [1.165, 1.54) is 77.0 Å². The average Bonchev–Trinajstić information content (AvgIpc) is 3.45. The summed E-state index contributed by atoms with van der Waals surface area (Å²) in [6.45, 7) is 5.37. The van der Waals surface area contributed by atoms with Gasteiger partial charge in [0.15, 0.2) is 0 Å². The fourth-order valence-corrected chi connectivity index (χ4v) is 3.97. The molecule has 0 heterocycles. The maximum atomic E-state index is 11.6. The molecule has 1 aliphatic rings. The molecular formula is C28H52N2O10. The lowest BCUT2D eigenvalue weighted by atomic mass is 9.98. The summed E-state index contributed by atoms with van der Waals surface area (Å²) < 4.78 is 9.23. The second-order valence-corrected chi connectivity index (χ2v) is 9.60. The summed E-state index contributed by atoms with van der Waals surface area (Å²) in [7, 11) is 0. The van der Waals surface area contributed by atoms with Gasteiger partial charge < -0.3 is 19.1 Å². The van der Waals surface area contributed by atoms with Gasteiger partial charge in [0.1, 0.15) is 31.7 Å². The lowest BCUT2D eigenvalue weighted by Gasteiger charge is -2.14. The Labute approximate surface area is 239 Å². The summed E-state index contributed by atoms with van der Waals surface area (Å²) in [4.78, 5) is 49.1. The normalized spacial score (nSPS) is 13.4. The van der Waals surface area contributed by atoms with Gasteiger partial charge in [0.05, 0.1) is 6.61 Å². The first-order chi connectivity index (χ1) is 19.3. The minimum Gasteiger partial charge on any atom is -0.465 e. The van der Waals surface area contributed by atoms with Crippen LogP contribution in [0.5, 0.6) is 0 Å². The van der Waals surface area contributed by atoms with Crippen molar-refractivity contribution >= 4 is 12.3 Å². The van der Waals surface area contributed by atoms with Gasteiger partial charge in [-0.15, -0.1) is 20.2 Å². The molecule has 234 valence electrons. The van der Waals surface area contributed by atoms with Crippen LogP contribution in [-0.4, -0.2) is 55.0 Å². The highest BCUT2D eigenvalue weighted by atomic mass is 17.0. The van der Waals surface area contributed by atoms with E-state index in [2.05, 4.69) is 47.3 Å². The highest BCUT2D eigenvalue weighted by Crippen LogP contribution is 2.28. The second kappa shape index (κ2) is 30.8. The Morgan fingerprint density at radius 3 is 2.12 bits per heavy atom. The Balaban J connectivity index is 0. The van der Waals surface area contributed by atoms with Crippen molar-refractivity contribution in [3.05, 3.63) is 32.4 Å². The fourth-order valence-electron chi connectivity index (χ4n) is 3.97. The molecule has 1 aliphatic carbocycles. The summed E-state index contributed by atoms with van der Waals surface area (Å²) in [6, 6.07) is 0. The third-order valence-electron chi connectivity index (χ3n) is 6.17. The molecule has 0 bridgehead atoms. The van der Waals surface area contributed by atoms with Gasteiger partial charge in [-0.3, -0.25) is 9.59 Å². The van der Waals surface area contributed by atoms with Crippen LogP contribution in [0.3, 0.4) is 0 Å². The predicted octanol–water partition coefficient (Wildman–Crippen LogP) is 6.60. The molecule has 0 aliphatic heterocycles. The van der Waals surface area contributed by atoms with Crippen LogP contribution in [0, 0.1) is 26.1 Å². The van der Waals surface area contributed by atoms with Crippen LogP contribution in [-0.2, 0) is 28.7 Å². The number of rotatable bonds is 23. The average molecular weight is 577 g/mol. The van der Waals surface area contributed by atoms with Gasteiger partial charge in [0, 0.05) is 12.8 Å². The largest absolute Gasteiger partial charge is 0.465 e. The zero-order valence-corrected chi connectivity index (χ0v) is 24.8.